The zero-order valence-corrected chi connectivity index (χ0v) is 10.9. The van der Waals surface area contributed by atoms with Gasteiger partial charge < -0.3 is 20.1 Å². The van der Waals surface area contributed by atoms with Gasteiger partial charge in [0.1, 0.15) is 11.5 Å². The van der Waals surface area contributed by atoms with Gasteiger partial charge in [-0.25, -0.2) is 0 Å². The van der Waals surface area contributed by atoms with E-state index in [4.69, 9.17) is 9.47 Å². The van der Waals surface area contributed by atoms with Crippen LogP contribution in [0.1, 0.15) is 0 Å². The molecule has 0 aliphatic carbocycles. The molecule has 1 aromatic rings. The molecule has 0 aromatic heterocycles. The summed E-state index contributed by atoms with van der Waals surface area (Å²) < 4.78 is 10.6. The summed E-state index contributed by atoms with van der Waals surface area (Å²) in [4.78, 5) is 1.06. The Labute approximate surface area is 101 Å². The highest BCUT2D eigenvalue weighted by atomic mass is 32.2. The van der Waals surface area contributed by atoms with Gasteiger partial charge in [0.2, 0.25) is 0 Å². The van der Waals surface area contributed by atoms with E-state index in [0.717, 1.165) is 22.1 Å². The second-order valence-electron chi connectivity index (χ2n) is 3.11. The molecule has 2 N–H and O–H groups in total. The third kappa shape index (κ3) is 2.96. The minimum absolute atomic E-state index is 0.679. The van der Waals surface area contributed by atoms with Crippen LogP contribution >= 0.6 is 11.8 Å². The molecule has 0 fully saturated rings. The van der Waals surface area contributed by atoms with Crippen LogP contribution in [-0.2, 0) is 0 Å². The molecule has 0 aliphatic rings. The van der Waals surface area contributed by atoms with E-state index in [2.05, 4.69) is 10.6 Å². The second-order valence-corrected chi connectivity index (χ2v) is 3.96. The molecule has 90 valence electrons. The van der Waals surface area contributed by atoms with Gasteiger partial charge in [0, 0.05) is 6.07 Å². The summed E-state index contributed by atoms with van der Waals surface area (Å²) in [5, 5.41) is 6.24. The number of nitrogens with one attached hydrogen (secondary N) is 2. The van der Waals surface area contributed by atoms with Crippen LogP contribution in [0.2, 0.25) is 0 Å². The lowest BCUT2D eigenvalue weighted by atomic mass is 10.2. The topological polar surface area (TPSA) is 42.5 Å². The Bertz CT molecular complexity index is 345. The summed E-state index contributed by atoms with van der Waals surface area (Å²) in [5.41, 5.74) is 0.923. The zero-order valence-electron chi connectivity index (χ0n) is 10.1. The number of hydrogen-bond acceptors (Lipinski definition) is 5. The summed E-state index contributed by atoms with van der Waals surface area (Å²) in [7, 11) is 5.22. The molecule has 0 spiro atoms. The van der Waals surface area contributed by atoms with Crippen molar-refractivity contribution >= 4 is 17.4 Å². The van der Waals surface area contributed by atoms with E-state index >= 15 is 0 Å². The lowest BCUT2D eigenvalue weighted by Gasteiger charge is -2.14. The van der Waals surface area contributed by atoms with Gasteiger partial charge in [0.05, 0.1) is 31.5 Å². The number of anilines is 1. The molecule has 0 saturated carbocycles. The first kappa shape index (κ1) is 13.0. The predicted molar refractivity (Wildman–Crippen MR) is 68.9 cm³/mol. The first-order chi connectivity index (χ1) is 7.76. The van der Waals surface area contributed by atoms with Gasteiger partial charge in [-0.3, -0.25) is 0 Å². The lowest BCUT2D eigenvalue weighted by molar-refractivity contribution is 0.395. The molecular formula is C11H18N2O2S. The van der Waals surface area contributed by atoms with E-state index in [0.29, 0.717) is 6.67 Å². The van der Waals surface area contributed by atoms with Crippen molar-refractivity contribution in [2.45, 2.75) is 4.90 Å². The van der Waals surface area contributed by atoms with Gasteiger partial charge in [-0.1, -0.05) is 0 Å². The third-order valence-corrected chi connectivity index (χ3v) is 2.92. The van der Waals surface area contributed by atoms with Crippen molar-refractivity contribution in [3.8, 4) is 11.5 Å². The Kier molecular flexibility index (Phi) is 5.28. The van der Waals surface area contributed by atoms with Crippen molar-refractivity contribution in [2.75, 3.05) is 39.5 Å². The minimum atomic E-state index is 0.679. The number of thioether (sulfide) groups is 1. The van der Waals surface area contributed by atoms with Gasteiger partial charge in [0.15, 0.2) is 0 Å². The molecule has 5 heteroatoms. The van der Waals surface area contributed by atoms with Crippen LogP contribution in [0.25, 0.3) is 0 Å². The number of hydrogen-bond donors (Lipinski definition) is 2. The fourth-order valence-electron chi connectivity index (χ4n) is 1.35. The van der Waals surface area contributed by atoms with E-state index in [1.807, 2.05) is 25.4 Å². The summed E-state index contributed by atoms with van der Waals surface area (Å²) in [6.45, 7) is 0.679. The first-order valence-electron chi connectivity index (χ1n) is 4.95. The molecule has 1 aromatic carbocycles. The number of methoxy groups -OCH3 is 2. The SMILES string of the molecule is CNCNc1cc(OC)c(SC)cc1OC. The maximum atomic E-state index is 5.33. The second kappa shape index (κ2) is 6.50. The molecule has 0 aliphatic heterocycles. The van der Waals surface area contributed by atoms with E-state index in [-0.39, 0.29) is 0 Å². The van der Waals surface area contributed by atoms with Crippen LogP contribution in [-0.4, -0.2) is 34.2 Å². The molecule has 0 heterocycles. The number of ether oxygens (including phenoxy) is 2. The van der Waals surface area contributed by atoms with Crippen LogP contribution in [0.4, 0.5) is 5.69 Å². The highest BCUT2D eigenvalue weighted by molar-refractivity contribution is 7.98. The highest BCUT2D eigenvalue weighted by Crippen LogP contribution is 2.37. The van der Waals surface area contributed by atoms with Gasteiger partial charge in [-0.2, -0.15) is 0 Å². The average molecular weight is 242 g/mol. The Morgan fingerprint density at radius 1 is 1.19 bits per heavy atom. The summed E-state index contributed by atoms with van der Waals surface area (Å²) >= 11 is 1.63. The van der Waals surface area contributed by atoms with E-state index < -0.39 is 0 Å². The van der Waals surface area contributed by atoms with E-state index in [1.165, 1.54) is 0 Å². The molecule has 0 bridgehead atoms. The predicted octanol–water partition coefficient (Wildman–Crippen LogP) is 2.01. The maximum absolute atomic E-state index is 5.33. The third-order valence-electron chi connectivity index (χ3n) is 2.16. The van der Waals surface area contributed by atoms with Crippen LogP contribution in [0, 0.1) is 0 Å². The Hall–Kier alpha value is -1.07. The fourth-order valence-corrected chi connectivity index (χ4v) is 1.92. The first-order valence-corrected chi connectivity index (χ1v) is 6.17. The van der Waals surface area contributed by atoms with Gasteiger partial charge >= 0.3 is 0 Å². The normalized spacial score (nSPS) is 10.0. The van der Waals surface area contributed by atoms with E-state index in [1.54, 1.807) is 26.0 Å². The standard InChI is InChI=1S/C11H18N2O2S/c1-12-7-13-8-5-10(15-3)11(16-4)6-9(8)14-2/h5-6,12-13H,7H2,1-4H3. The smallest absolute Gasteiger partial charge is 0.143 e. The largest absolute Gasteiger partial charge is 0.496 e. The summed E-state index contributed by atoms with van der Waals surface area (Å²) in [6, 6.07) is 3.92. The van der Waals surface area contributed by atoms with Crippen molar-refractivity contribution in [3.63, 3.8) is 0 Å². The molecule has 0 amide bonds. The molecule has 4 nitrogen and oxygen atoms in total. The minimum Gasteiger partial charge on any atom is -0.496 e. The number of rotatable bonds is 6. The molecule has 0 saturated heterocycles. The molecular weight excluding hydrogens is 224 g/mol. The van der Waals surface area contributed by atoms with Crippen molar-refractivity contribution in [2.24, 2.45) is 0 Å². The average Bonchev–Trinajstić information content (AvgIpc) is 2.35. The molecule has 0 radical (unpaired) electrons. The molecule has 0 unspecified atom stereocenters. The Morgan fingerprint density at radius 3 is 2.38 bits per heavy atom. The van der Waals surface area contributed by atoms with Crippen LogP contribution in [0.15, 0.2) is 17.0 Å². The van der Waals surface area contributed by atoms with Crippen molar-refractivity contribution in [3.05, 3.63) is 12.1 Å². The summed E-state index contributed by atoms with van der Waals surface area (Å²) in [6.07, 6.45) is 2.01. The van der Waals surface area contributed by atoms with Gasteiger partial charge in [0.25, 0.3) is 0 Å². The highest BCUT2D eigenvalue weighted by Gasteiger charge is 2.09. The quantitative estimate of drug-likeness (QED) is 0.590. The van der Waals surface area contributed by atoms with Crippen LogP contribution in [0.5, 0.6) is 11.5 Å². The van der Waals surface area contributed by atoms with Gasteiger partial charge in [-0.15, -0.1) is 11.8 Å². The van der Waals surface area contributed by atoms with Crippen molar-refractivity contribution in [1.29, 1.82) is 0 Å². The van der Waals surface area contributed by atoms with Crippen molar-refractivity contribution in [1.82, 2.24) is 5.32 Å². The number of benzene rings is 1. The molecule has 1 rings (SSSR count). The lowest BCUT2D eigenvalue weighted by Crippen LogP contribution is -2.17. The van der Waals surface area contributed by atoms with Crippen molar-refractivity contribution < 1.29 is 9.47 Å². The molecule has 16 heavy (non-hydrogen) atoms. The fraction of sp³-hybridized carbons (Fsp3) is 0.455. The van der Waals surface area contributed by atoms with Crippen LogP contribution < -0.4 is 20.1 Å². The Morgan fingerprint density at radius 2 is 1.88 bits per heavy atom. The van der Waals surface area contributed by atoms with Gasteiger partial charge in [-0.05, 0) is 19.4 Å². The monoisotopic (exact) mass is 242 g/mol. The van der Waals surface area contributed by atoms with Crippen LogP contribution in [0.3, 0.4) is 0 Å². The zero-order chi connectivity index (χ0) is 12.0. The maximum Gasteiger partial charge on any atom is 0.143 e. The Balaban J connectivity index is 3.05. The van der Waals surface area contributed by atoms with E-state index in [9.17, 15) is 0 Å². The summed E-state index contributed by atoms with van der Waals surface area (Å²) in [5.74, 6) is 1.67. The molecule has 0 atom stereocenters.